The molecule has 0 aliphatic heterocycles. The van der Waals surface area contributed by atoms with Gasteiger partial charge in [-0.25, -0.2) is 8.78 Å². The van der Waals surface area contributed by atoms with Crippen LogP contribution in [-0.2, 0) is 6.42 Å². The molecule has 2 nitrogen and oxygen atoms in total. The third-order valence-electron chi connectivity index (χ3n) is 3.13. The summed E-state index contributed by atoms with van der Waals surface area (Å²) in [4.78, 5) is 2.22. The fraction of sp³-hybridized carbons (Fsp3) is 0.571. The SMILES string of the molecule is CCN(CC)CCC(O)Cc1ccc(F)c(F)c1. The van der Waals surface area contributed by atoms with Crippen LogP contribution in [0, 0.1) is 11.6 Å². The molecule has 1 aromatic carbocycles. The summed E-state index contributed by atoms with van der Waals surface area (Å²) in [6.45, 7) is 6.87. The Morgan fingerprint density at radius 3 is 2.39 bits per heavy atom. The van der Waals surface area contributed by atoms with E-state index in [0.717, 1.165) is 31.8 Å². The third-order valence-corrected chi connectivity index (χ3v) is 3.13. The Morgan fingerprint density at radius 1 is 1.17 bits per heavy atom. The fourth-order valence-electron chi connectivity index (χ4n) is 1.91. The molecular formula is C14H21F2NO. The smallest absolute Gasteiger partial charge is 0.159 e. The molecule has 0 heterocycles. The van der Waals surface area contributed by atoms with Crippen LogP contribution in [0.1, 0.15) is 25.8 Å². The molecule has 0 aliphatic rings. The van der Waals surface area contributed by atoms with Crippen molar-refractivity contribution in [3.63, 3.8) is 0 Å². The van der Waals surface area contributed by atoms with E-state index in [1.165, 1.54) is 6.07 Å². The van der Waals surface area contributed by atoms with Gasteiger partial charge in [0.05, 0.1) is 6.10 Å². The molecule has 0 fully saturated rings. The van der Waals surface area contributed by atoms with Crippen molar-refractivity contribution in [3.8, 4) is 0 Å². The first-order valence-electron chi connectivity index (χ1n) is 6.41. The van der Waals surface area contributed by atoms with Crippen LogP contribution in [0.25, 0.3) is 0 Å². The molecule has 0 bridgehead atoms. The molecule has 1 N–H and O–H groups in total. The number of benzene rings is 1. The molecule has 0 aromatic heterocycles. The fourth-order valence-corrected chi connectivity index (χ4v) is 1.91. The maximum absolute atomic E-state index is 13.0. The maximum atomic E-state index is 13.0. The zero-order valence-electron chi connectivity index (χ0n) is 11.0. The first-order chi connectivity index (χ1) is 8.56. The van der Waals surface area contributed by atoms with E-state index >= 15 is 0 Å². The minimum absolute atomic E-state index is 0.360. The van der Waals surface area contributed by atoms with Gasteiger partial charge in [-0.15, -0.1) is 0 Å². The van der Waals surface area contributed by atoms with Crippen LogP contribution < -0.4 is 0 Å². The molecule has 1 rings (SSSR count). The Hall–Kier alpha value is -1.00. The zero-order chi connectivity index (χ0) is 13.5. The Balaban J connectivity index is 2.44. The predicted octanol–water partition coefficient (Wildman–Crippen LogP) is 2.60. The highest BCUT2D eigenvalue weighted by Crippen LogP contribution is 2.12. The summed E-state index contributed by atoms with van der Waals surface area (Å²) < 4.78 is 25.7. The molecule has 0 saturated heterocycles. The lowest BCUT2D eigenvalue weighted by molar-refractivity contribution is 0.143. The molecule has 1 atom stereocenters. The van der Waals surface area contributed by atoms with Gasteiger partial charge in [-0.3, -0.25) is 0 Å². The normalized spacial score (nSPS) is 13.0. The molecular weight excluding hydrogens is 236 g/mol. The summed E-state index contributed by atoms with van der Waals surface area (Å²) >= 11 is 0. The van der Waals surface area contributed by atoms with Gasteiger partial charge in [0.1, 0.15) is 0 Å². The lowest BCUT2D eigenvalue weighted by Crippen LogP contribution is -2.27. The minimum Gasteiger partial charge on any atom is -0.393 e. The van der Waals surface area contributed by atoms with Gasteiger partial charge in [-0.05, 0) is 43.6 Å². The molecule has 0 saturated carbocycles. The van der Waals surface area contributed by atoms with Gasteiger partial charge in [0.15, 0.2) is 11.6 Å². The monoisotopic (exact) mass is 257 g/mol. The standard InChI is InChI=1S/C14H21F2NO/c1-3-17(4-2)8-7-12(18)9-11-5-6-13(15)14(16)10-11/h5-6,10,12,18H,3-4,7-9H2,1-2H3. The molecule has 1 unspecified atom stereocenters. The number of rotatable bonds is 7. The Labute approximate surface area is 107 Å². The topological polar surface area (TPSA) is 23.5 Å². The van der Waals surface area contributed by atoms with Crippen molar-refractivity contribution in [2.45, 2.75) is 32.8 Å². The summed E-state index contributed by atoms with van der Waals surface area (Å²) in [5.41, 5.74) is 0.626. The third kappa shape index (κ3) is 4.70. The molecule has 0 spiro atoms. The summed E-state index contributed by atoms with van der Waals surface area (Å²) in [6.07, 6.45) is 0.481. The van der Waals surface area contributed by atoms with Gasteiger partial charge < -0.3 is 10.0 Å². The molecule has 0 amide bonds. The first kappa shape index (κ1) is 15.1. The predicted molar refractivity (Wildman–Crippen MR) is 68.5 cm³/mol. The Morgan fingerprint density at radius 2 is 1.83 bits per heavy atom. The Kier molecular flexibility index (Phi) is 6.22. The average Bonchev–Trinajstić information content (AvgIpc) is 2.35. The quantitative estimate of drug-likeness (QED) is 0.811. The van der Waals surface area contributed by atoms with Crippen molar-refractivity contribution in [2.75, 3.05) is 19.6 Å². The van der Waals surface area contributed by atoms with Crippen molar-refractivity contribution in [1.29, 1.82) is 0 Å². The molecule has 0 aliphatic carbocycles. The van der Waals surface area contributed by atoms with Crippen LogP contribution in [0.15, 0.2) is 18.2 Å². The second-order valence-corrected chi connectivity index (χ2v) is 4.42. The van der Waals surface area contributed by atoms with E-state index < -0.39 is 17.7 Å². The van der Waals surface area contributed by atoms with E-state index in [4.69, 9.17) is 0 Å². The highest BCUT2D eigenvalue weighted by Gasteiger charge is 2.10. The second-order valence-electron chi connectivity index (χ2n) is 4.42. The molecule has 4 heteroatoms. The van der Waals surface area contributed by atoms with E-state index in [2.05, 4.69) is 18.7 Å². The van der Waals surface area contributed by atoms with E-state index in [1.54, 1.807) is 0 Å². The van der Waals surface area contributed by atoms with Crippen molar-refractivity contribution < 1.29 is 13.9 Å². The van der Waals surface area contributed by atoms with Crippen LogP contribution in [0.3, 0.4) is 0 Å². The maximum Gasteiger partial charge on any atom is 0.159 e. The van der Waals surface area contributed by atoms with Gasteiger partial charge in [0.2, 0.25) is 0 Å². The van der Waals surface area contributed by atoms with E-state index in [-0.39, 0.29) is 0 Å². The summed E-state index contributed by atoms with van der Waals surface area (Å²) in [6, 6.07) is 3.76. The lowest BCUT2D eigenvalue weighted by atomic mass is 10.1. The van der Waals surface area contributed by atoms with E-state index in [0.29, 0.717) is 18.4 Å². The highest BCUT2D eigenvalue weighted by molar-refractivity contribution is 5.18. The second kappa shape index (κ2) is 7.44. The largest absolute Gasteiger partial charge is 0.393 e. The number of nitrogens with zero attached hydrogens (tertiary/aromatic N) is 1. The van der Waals surface area contributed by atoms with Gasteiger partial charge in [-0.1, -0.05) is 19.9 Å². The average molecular weight is 257 g/mol. The van der Waals surface area contributed by atoms with Crippen LogP contribution in [0.2, 0.25) is 0 Å². The van der Waals surface area contributed by atoms with Crippen molar-refractivity contribution in [1.82, 2.24) is 4.90 Å². The van der Waals surface area contributed by atoms with Crippen molar-refractivity contribution in [2.24, 2.45) is 0 Å². The number of halogens is 2. The van der Waals surface area contributed by atoms with Crippen molar-refractivity contribution >= 4 is 0 Å². The number of aliphatic hydroxyl groups excluding tert-OH is 1. The number of aliphatic hydroxyl groups is 1. The van der Waals surface area contributed by atoms with E-state index in [9.17, 15) is 13.9 Å². The first-order valence-corrected chi connectivity index (χ1v) is 6.41. The molecule has 102 valence electrons. The van der Waals surface area contributed by atoms with Gasteiger partial charge in [0, 0.05) is 6.54 Å². The van der Waals surface area contributed by atoms with Crippen LogP contribution >= 0.6 is 0 Å². The summed E-state index contributed by atoms with van der Waals surface area (Å²) in [5, 5.41) is 9.86. The Bertz CT molecular complexity index is 367. The van der Waals surface area contributed by atoms with Crippen LogP contribution in [0.5, 0.6) is 0 Å². The molecule has 1 aromatic rings. The zero-order valence-corrected chi connectivity index (χ0v) is 11.0. The number of hydrogen-bond donors (Lipinski definition) is 1. The van der Waals surface area contributed by atoms with Crippen LogP contribution in [-0.4, -0.2) is 35.7 Å². The van der Waals surface area contributed by atoms with Crippen LogP contribution in [0.4, 0.5) is 8.78 Å². The number of hydrogen-bond acceptors (Lipinski definition) is 2. The van der Waals surface area contributed by atoms with Gasteiger partial charge in [0.25, 0.3) is 0 Å². The minimum atomic E-state index is -0.858. The van der Waals surface area contributed by atoms with Gasteiger partial charge >= 0.3 is 0 Å². The summed E-state index contributed by atoms with van der Waals surface area (Å²) in [5.74, 6) is -1.71. The molecule has 18 heavy (non-hydrogen) atoms. The van der Waals surface area contributed by atoms with Gasteiger partial charge in [-0.2, -0.15) is 0 Å². The van der Waals surface area contributed by atoms with E-state index in [1.807, 2.05) is 0 Å². The molecule has 0 radical (unpaired) electrons. The highest BCUT2D eigenvalue weighted by atomic mass is 19.2. The summed E-state index contributed by atoms with van der Waals surface area (Å²) in [7, 11) is 0. The lowest BCUT2D eigenvalue weighted by Gasteiger charge is -2.20. The van der Waals surface area contributed by atoms with Crippen molar-refractivity contribution in [3.05, 3.63) is 35.4 Å².